The van der Waals surface area contributed by atoms with E-state index in [0.29, 0.717) is 11.4 Å². The summed E-state index contributed by atoms with van der Waals surface area (Å²) in [5, 5.41) is 11.1. The van der Waals surface area contributed by atoms with E-state index in [0.717, 1.165) is 6.26 Å². The quantitative estimate of drug-likeness (QED) is 0.609. The van der Waals surface area contributed by atoms with Crippen LogP contribution in [0.25, 0.3) is 0 Å². The number of dihydropyridines is 1. The molecule has 202 valence electrons. The number of alkyl halides is 1. The molecule has 38 heavy (non-hydrogen) atoms. The van der Waals surface area contributed by atoms with Crippen LogP contribution in [0.3, 0.4) is 0 Å². The van der Waals surface area contributed by atoms with Gasteiger partial charge in [-0.25, -0.2) is 27.6 Å². The minimum atomic E-state index is -3.40. The fourth-order valence-electron chi connectivity index (χ4n) is 4.65. The van der Waals surface area contributed by atoms with Crippen molar-refractivity contribution in [1.82, 2.24) is 15.3 Å². The molecule has 0 aromatic heterocycles. The molecule has 13 heteroatoms. The first kappa shape index (κ1) is 27.3. The summed E-state index contributed by atoms with van der Waals surface area (Å²) in [5.74, 6) is -1.30. The summed E-state index contributed by atoms with van der Waals surface area (Å²) in [5.41, 5.74) is 1.65. The van der Waals surface area contributed by atoms with Crippen molar-refractivity contribution in [3.8, 4) is 6.07 Å². The first-order valence-corrected chi connectivity index (χ1v) is 13.9. The Morgan fingerprint density at radius 3 is 2.61 bits per heavy atom. The van der Waals surface area contributed by atoms with Crippen molar-refractivity contribution < 1.29 is 27.1 Å². The van der Waals surface area contributed by atoms with E-state index < -0.39 is 45.1 Å². The van der Waals surface area contributed by atoms with Gasteiger partial charge in [-0.3, -0.25) is 15.2 Å². The number of carbonyl (C=O) groups is 2. The van der Waals surface area contributed by atoms with E-state index in [1.807, 2.05) is 0 Å². The fraction of sp³-hybridized carbons (Fsp3) is 0.480. The Balaban J connectivity index is 1.67. The average molecular weight is 545 g/mol. The number of hydrogen-bond donors (Lipinski definition) is 1. The van der Waals surface area contributed by atoms with Crippen molar-refractivity contribution in [2.45, 2.75) is 55.8 Å². The highest BCUT2D eigenvalue weighted by molar-refractivity contribution is 7.90. The number of amidine groups is 1. The topological polar surface area (TPSA) is 145 Å². The Hall–Kier alpha value is -3.79. The van der Waals surface area contributed by atoms with E-state index in [-0.39, 0.29) is 36.7 Å². The van der Waals surface area contributed by atoms with Crippen LogP contribution < -0.4 is 5.43 Å². The molecule has 1 aromatic carbocycles. The number of piperidine rings is 1. The van der Waals surface area contributed by atoms with E-state index >= 15 is 4.39 Å². The summed E-state index contributed by atoms with van der Waals surface area (Å²) >= 11 is 0. The number of carbonyl (C=O) groups excluding carboxylic acids is 2. The summed E-state index contributed by atoms with van der Waals surface area (Å²) in [7, 11) is -3.40. The smallest absolute Gasteiger partial charge is 0.410 e. The van der Waals surface area contributed by atoms with Crippen molar-refractivity contribution in [3.63, 3.8) is 0 Å². The van der Waals surface area contributed by atoms with Crippen LogP contribution in [0.15, 0.2) is 50.9 Å². The molecule has 0 saturated carbocycles. The van der Waals surface area contributed by atoms with Crippen molar-refractivity contribution in [2.75, 3.05) is 19.3 Å². The molecular formula is C25H29FN6O5S. The summed E-state index contributed by atoms with van der Waals surface area (Å²) in [6.07, 6.45) is 1.53. The zero-order valence-corrected chi connectivity index (χ0v) is 22.3. The highest BCUT2D eigenvalue weighted by Gasteiger charge is 2.55. The number of nitrogens with one attached hydrogen (secondary N) is 1. The standard InChI is InChI=1S/C25H29FN6O5S/c1-24(2,3)37-23(34)31-14-11-25(10-12-27,19(26)15-31)32-18-9-13-28-22(33)20(18)21(30-32)29-16-5-7-17(8-6-16)38(4,35)36/h5-9,13,19-20H,10-11,14-15H2,1-4H3,(H,29,30)/t19-,20?,25-/m0/s1. The van der Waals surface area contributed by atoms with Gasteiger partial charge in [0, 0.05) is 19.0 Å². The van der Waals surface area contributed by atoms with Crippen LogP contribution in [0.5, 0.6) is 0 Å². The number of allylic oxidation sites excluding steroid dienone is 1. The van der Waals surface area contributed by atoms with E-state index in [1.165, 1.54) is 40.4 Å². The lowest BCUT2D eigenvalue weighted by molar-refractivity contribution is -0.119. The zero-order valence-electron chi connectivity index (χ0n) is 21.5. The predicted octanol–water partition coefficient (Wildman–Crippen LogP) is 2.68. The van der Waals surface area contributed by atoms with Crippen LogP contribution in [-0.4, -0.2) is 79.0 Å². The molecule has 1 aromatic rings. The number of sulfone groups is 1. The predicted molar refractivity (Wildman–Crippen MR) is 137 cm³/mol. The van der Waals surface area contributed by atoms with E-state index in [9.17, 15) is 23.3 Å². The summed E-state index contributed by atoms with van der Waals surface area (Å²) < 4.78 is 45.0. The van der Waals surface area contributed by atoms with Gasteiger partial charge in [0.15, 0.2) is 9.84 Å². The highest BCUT2D eigenvalue weighted by Crippen LogP contribution is 2.41. The van der Waals surface area contributed by atoms with Gasteiger partial charge in [-0.15, -0.1) is 0 Å². The molecule has 1 unspecified atom stereocenters. The second-order valence-corrected chi connectivity index (χ2v) is 12.4. The normalized spacial score (nSPS) is 26.5. The van der Waals surface area contributed by atoms with Crippen LogP contribution in [-0.2, 0) is 19.4 Å². The molecule has 0 bridgehead atoms. The van der Waals surface area contributed by atoms with Crippen LogP contribution in [0.1, 0.15) is 33.6 Å². The number of ether oxygens (including phenoxy) is 1. The molecule has 3 heterocycles. The summed E-state index contributed by atoms with van der Waals surface area (Å²) in [6, 6.07) is 7.86. The van der Waals surface area contributed by atoms with E-state index in [2.05, 4.69) is 21.5 Å². The Labute approximate surface area is 220 Å². The van der Waals surface area contributed by atoms with Gasteiger partial charge in [-0.1, -0.05) is 0 Å². The molecule has 2 amide bonds. The SMILES string of the molecule is CC(C)(C)OC(=O)N1CC[C@](CC#N)(N2NC(=Nc3ccc(S(C)(=O)=O)cc3)C3C(=O)N=CC=C32)[C@@H](F)C1. The van der Waals surface area contributed by atoms with Crippen molar-refractivity contribution in [1.29, 1.82) is 5.26 Å². The third kappa shape index (κ3) is 5.26. The average Bonchev–Trinajstić information content (AvgIpc) is 3.19. The summed E-state index contributed by atoms with van der Waals surface area (Å²) in [6.45, 7) is 5.00. The van der Waals surface area contributed by atoms with Gasteiger partial charge in [-0.2, -0.15) is 5.26 Å². The molecule has 11 nitrogen and oxygen atoms in total. The molecule has 3 aliphatic heterocycles. The number of halogens is 1. The molecule has 2 fully saturated rings. The van der Waals surface area contributed by atoms with Crippen LogP contribution >= 0.6 is 0 Å². The van der Waals surface area contributed by atoms with Crippen LogP contribution in [0.2, 0.25) is 0 Å². The number of nitrogens with zero attached hydrogens (tertiary/aromatic N) is 5. The first-order valence-electron chi connectivity index (χ1n) is 12.0. The fourth-order valence-corrected chi connectivity index (χ4v) is 5.28. The highest BCUT2D eigenvalue weighted by atomic mass is 32.2. The van der Waals surface area contributed by atoms with E-state index in [4.69, 9.17) is 4.74 Å². The number of nitriles is 1. The van der Waals surface area contributed by atoms with Gasteiger partial charge < -0.3 is 9.64 Å². The van der Waals surface area contributed by atoms with Gasteiger partial charge in [0.05, 0.1) is 35.3 Å². The molecule has 0 aliphatic carbocycles. The number of benzene rings is 1. The third-order valence-electron chi connectivity index (χ3n) is 6.52. The van der Waals surface area contributed by atoms with Gasteiger partial charge in [0.1, 0.15) is 29.1 Å². The molecule has 0 spiro atoms. The van der Waals surface area contributed by atoms with Crippen molar-refractivity contribution >= 4 is 39.6 Å². The lowest BCUT2D eigenvalue weighted by Crippen LogP contribution is -2.65. The number of hydrazine groups is 1. The number of rotatable bonds is 4. The molecule has 2 saturated heterocycles. The first-order chi connectivity index (χ1) is 17.7. The lowest BCUT2D eigenvalue weighted by atomic mass is 9.81. The monoisotopic (exact) mass is 544 g/mol. The zero-order chi connectivity index (χ0) is 27.9. The van der Waals surface area contributed by atoms with E-state index in [1.54, 1.807) is 26.8 Å². The van der Waals surface area contributed by atoms with Gasteiger partial charge in [0.2, 0.25) is 0 Å². The maximum atomic E-state index is 16.0. The Bertz CT molecular complexity index is 1380. The van der Waals surface area contributed by atoms with Gasteiger partial charge in [0.25, 0.3) is 5.91 Å². The number of hydrogen-bond acceptors (Lipinski definition) is 8. The van der Waals surface area contributed by atoms with Crippen LogP contribution in [0, 0.1) is 17.2 Å². The Morgan fingerprint density at radius 2 is 2.03 bits per heavy atom. The number of aliphatic imine (C=N–C) groups is 2. The second-order valence-electron chi connectivity index (χ2n) is 10.4. The molecule has 3 atom stereocenters. The van der Waals surface area contributed by atoms with Crippen molar-refractivity contribution in [2.24, 2.45) is 15.9 Å². The van der Waals surface area contributed by atoms with Crippen molar-refractivity contribution in [3.05, 3.63) is 36.0 Å². The largest absolute Gasteiger partial charge is 0.444 e. The van der Waals surface area contributed by atoms with Gasteiger partial charge in [-0.05, 0) is 57.5 Å². The lowest BCUT2D eigenvalue weighted by Gasteiger charge is -2.49. The number of likely N-dealkylation sites (tertiary alicyclic amines) is 1. The Morgan fingerprint density at radius 1 is 1.34 bits per heavy atom. The minimum Gasteiger partial charge on any atom is -0.444 e. The summed E-state index contributed by atoms with van der Waals surface area (Å²) in [4.78, 5) is 35.1. The van der Waals surface area contributed by atoms with Gasteiger partial charge >= 0.3 is 6.09 Å². The second kappa shape index (κ2) is 9.83. The number of fused-ring (bicyclic) bond motifs is 1. The molecule has 1 N–H and O–H groups in total. The molecule has 4 rings (SSSR count). The number of amides is 2. The third-order valence-corrected chi connectivity index (χ3v) is 7.65. The maximum absolute atomic E-state index is 16.0. The minimum absolute atomic E-state index is 0.0830. The molecular weight excluding hydrogens is 515 g/mol. The Kier molecular flexibility index (Phi) is 7.05. The van der Waals surface area contributed by atoms with Crippen LogP contribution in [0.4, 0.5) is 14.9 Å². The molecule has 3 aliphatic rings. The molecule has 0 radical (unpaired) electrons. The maximum Gasteiger partial charge on any atom is 0.410 e.